The smallest absolute Gasteiger partial charge is 0.237 e. The quantitative estimate of drug-likeness (QED) is 0.587. The molecule has 15 heavy (non-hydrogen) atoms. The molecule has 1 fully saturated rings. The Morgan fingerprint density at radius 3 is 2.87 bits per heavy atom. The predicted octanol–water partition coefficient (Wildman–Crippen LogP) is 0.309. The second-order valence-electron chi connectivity index (χ2n) is 4.10. The highest BCUT2D eigenvalue weighted by atomic mass is 16.3. The maximum absolute atomic E-state index is 11.6. The number of nitrogens with one attached hydrogen (secondary N) is 1. The molecule has 1 aliphatic rings. The molecule has 1 unspecified atom stereocenters. The molecule has 0 saturated heterocycles. The fraction of sp³-hybridized carbons (Fsp3) is 0.727. The minimum atomic E-state index is -0.545. The SMILES string of the molecule is C=CCC(N)C(=O)N[C@H]1CCCC[C@@H]1O. The van der Waals surface area contributed by atoms with Crippen molar-refractivity contribution in [1.29, 1.82) is 0 Å². The fourth-order valence-electron chi connectivity index (χ4n) is 1.86. The van der Waals surface area contributed by atoms with Crippen molar-refractivity contribution in [1.82, 2.24) is 5.32 Å². The Labute approximate surface area is 90.5 Å². The van der Waals surface area contributed by atoms with E-state index in [1.807, 2.05) is 0 Å². The van der Waals surface area contributed by atoms with Crippen LogP contribution in [0.2, 0.25) is 0 Å². The summed E-state index contributed by atoms with van der Waals surface area (Å²) in [5.74, 6) is -0.194. The van der Waals surface area contributed by atoms with Crippen molar-refractivity contribution in [2.75, 3.05) is 0 Å². The Bertz CT molecular complexity index is 231. The summed E-state index contributed by atoms with van der Waals surface area (Å²) < 4.78 is 0. The van der Waals surface area contributed by atoms with Crippen LogP contribution in [0.5, 0.6) is 0 Å². The molecule has 4 heteroatoms. The number of aliphatic hydroxyl groups is 1. The lowest BCUT2D eigenvalue weighted by Gasteiger charge is -2.29. The van der Waals surface area contributed by atoms with Gasteiger partial charge in [-0.05, 0) is 19.3 Å². The van der Waals surface area contributed by atoms with Crippen molar-refractivity contribution in [2.45, 2.75) is 50.3 Å². The Balaban J connectivity index is 2.38. The van der Waals surface area contributed by atoms with Crippen LogP contribution in [0.3, 0.4) is 0 Å². The van der Waals surface area contributed by atoms with Crippen LogP contribution >= 0.6 is 0 Å². The first-order valence-corrected chi connectivity index (χ1v) is 5.50. The van der Waals surface area contributed by atoms with Gasteiger partial charge in [0.2, 0.25) is 5.91 Å². The molecule has 1 aliphatic carbocycles. The monoisotopic (exact) mass is 212 g/mol. The third-order valence-corrected chi connectivity index (χ3v) is 2.81. The average Bonchev–Trinajstić information content (AvgIpc) is 2.21. The highest BCUT2D eigenvalue weighted by molar-refractivity contribution is 5.82. The summed E-state index contributed by atoms with van der Waals surface area (Å²) in [6, 6.07) is -0.668. The van der Waals surface area contributed by atoms with Crippen LogP contribution in [0.25, 0.3) is 0 Å². The fourth-order valence-corrected chi connectivity index (χ4v) is 1.86. The standard InChI is InChI=1S/C11H20N2O2/c1-2-5-8(12)11(15)13-9-6-3-4-7-10(9)14/h2,8-10,14H,1,3-7,12H2,(H,13,15)/t8?,9-,10-/m0/s1. The van der Waals surface area contributed by atoms with Crippen molar-refractivity contribution in [3.63, 3.8) is 0 Å². The lowest BCUT2D eigenvalue weighted by Crippen LogP contribution is -2.50. The maximum Gasteiger partial charge on any atom is 0.237 e. The lowest BCUT2D eigenvalue weighted by atomic mass is 9.92. The summed E-state index contributed by atoms with van der Waals surface area (Å²) in [5, 5.41) is 12.4. The summed E-state index contributed by atoms with van der Waals surface area (Å²) in [6.07, 6.45) is 5.37. The summed E-state index contributed by atoms with van der Waals surface area (Å²) >= 11 is 0. The molecule has 4 N–H and O–H groups in total. The number of nitrogens with two attached hydrogens (primary N) is 1. The highest BCUT2D eigenvalue weighted by Gasteiger charge is 2.25. The Morgan fingerprint density at radius 1 is 1.60 bits per heavy atom. The van der Waals surface area contributed by atoms with E-state index >= 15 is 0 Å². The minimum Gasteiger partial charge on any atom is -0.391 e. The largest absolute Gasteiger partial charge is 0.391 e. The van der Waals surface area contributed by atoms with Gasteiger partial charge in [0.1, 0.15) is 0 Å². The zero-order valence-corrected chi connectivity index (χ0v) is 8.98. The molecule has 0 heterocycles. The van der Waals surface area contributed by atoms with E-state index in [0.717, 1.165) is 25.7 Å². The van der Waals surface area contributed by atoms with Crippen LogP contribution in [0.15, 0.2) is 12.7 Å². The van der Waals surface area contributed by atoms with Gasteiger partial charge in [0.15, 0.2) is 0 Å². The molecule has 4 nitrogen and oxygen atoms in total. The molecule has 0 aromatic rings. The van der Waals surface area contributed by atoms with Crippen LogP contribution < -0.4 is 11.1 Å². The van der Waals surface area contributed by atoms with E-state index in [1.165, 1.54) is 0 Å². The molecule has 0 aromatic carbocycles. The molecular weight excluding hydrogens is 192 g/mol. The molecule has 1 rings (SSSR count). The average molecular weight is 212 g/mol. The molecule has 0 aliphatic heterocycles. The number of hydrogen-bond acceptors (Lipinski definition) is 3. The van der Waals surface area contributed by atoms with Gasteiger partial charge in [0, 0.05) is 0 Å². The minimum absolute atomic E-state index is 0.123. The van der Waals surface area contributed by atoms with Crippen LogP contribution in [0, 0.1) is 0 Å². The van der Waals surface area contributed by atoms with Crippen LogP contribution in [0.1, 0.15) is 32.1 Å². The number of amides is 1. The van der Waals surface area contributed by atoms with E-state index < -0.39 is 12.1 Å². The topological polar surface area (TPSA) is 75.4 Å². The van der Waals surface area contributed by atoms with Gasteiger partial charge in [-0.15, -0.1) is 6.58 Å². The van der Waals surface area contributed by atoms with E-state index in [2.05, 4.69) is 11.9 Å². The molecule has 0 bridgehead atoms. The van der Waals surface area contributed by atoms with E-state index in [4.69, 9.17) is 5.73 Å². The molecule has 1 saturated carbocycles. The van der Waals surface area contributed by atoms with Gasteiger partial charge in [0.05, 0.1) is 18.2 Å². The summed E-state index contributed by atoms with van der Waals surface area (Å²) in [4.78, 5) is 11.6. The van der Waals surface area contributed by atoms with Gasteiger partial charge >= 0.3 is 0 Å². The summed E-state index contributed by atoms with van der Waals surface area (Å²) in [6.45, 7) is 3.54. The molecule has 0 spiro atoms. The Hall–Kier alpha value is -0.870. The first kappa shape index (κ1) is 12.2. The second kappa shape index (κ2) is 5.88. The third kappa shape index (κ3) is 3.64. The third-order valence-electron chi connectivity index (χ3n) is 2.81. The molecule has 3 atom stereocenters. The van der Waals surface area contributed by atoms with Gasteiger partial charge in [-0.2, -0.15) is 0 Å². The molecule has 1 amide bonds. The normalized spacial score (nSPS) is 28.1. The first-order valence-electron chi connectivity index (χ1n) is 5.50. The van der Waals surface area contributed by atoms with Crippen molar-refractivity contribution in [2.24, 2.45) is 5.73 Å². The first-order chi connectivity index (χ1) is 7.15. The number of carbonyl (C=O) groups excluding carboxylic acids is 1. The van der Waals surface area contributed by atoms with Crippen LogP contribution in [-0.2, 0) is 4.79 Å². The Morgan fingerprint density at radius 2 is 2.27 bits per heavy atom. The van der Waals surface area contributed by atoms with Gasteiger partial charge in [-0.1, -0.05) is 18.9 Å². The van der Waals surface area contributed by atoms with Crippen LogP contribution in [-0.4, -0.2) is 29.2 Å². The van der Waals surface area contributed by atoms with Gasteiger partial charge in [-0.3, -0.25) is 4.79 Å². The Kier molecular flexibility index (Phi) is 4.78. The highest BCUT2D eigenvalue weighted by Crippen LogP contribution is 2.18. The van der Waals surface area contributed by atoms with E-state index in [0.29, 0.717) is 6.42 Å². The number of rotatable bonds is 4. The summed E-state index contributed by atoms with van der Waals surface area (Å²) in [5.41, 5.74) is 5.63. The van der Waals surface area contributed by atoms with Crippen molar-refractivity contribution in [3.05, 3.63) is 12.7 Å². The van der Waals surface area contributed by atoms with Gasteiger partial charge in [0.25, 0.3) is 0 Å². The molecular formula is C11H20N2O2. The molecule has 0 aromatic heterocycles. The zero-order chi connectivity index (χ0) is 11.3. The van der Waals surface area contributed by atoms with E-state index in [1.54, 1.807) is 6.08 Å². The van der Waals surface area contributed by atoms with Crippen molar-refractivity contribution < 1.29 is 9.90 Å². The number of carbonyl (C=O) groups is 1. The number of hydrogen-bond donors (Lipinski definition) is 3. The van der Waals surface area contributed by atoms with Crippen molar-refractivity contribution >= 4 is 5.91 Å². The van der Waals surface area contributed by atoms with Crippen molar-refractivity contribution in [3.8, 4) is 0 Å². The van der Waals surface area contributed by atoms with Crippen LogP contribution in [0.4, 0.5) is 0 Å². The van der Waals surface area contributed by atoms with E-state index in [9.17, 15) is 9.90 Å². The maximum atomic E-state index is 11.6. The van der Waals surface area contributed by atoms with E-state index in [-0.39, 0.29) is 11.9 Å². The van der Waals surface area contributed by atoms with Gasteiger partial charge < -0.3 is 16.2 Å². The number of aliphatic hydroxyl groups excluding tert-OH is 1. The second-order valence-corrected chi connectivity index (χ2v) is 4.10. The molecule has 0 radical (unpaired) electrons. The summed E-state index contributed by atoms with van der Waals surface area (Å²) in [7, 11) is 0. The predicted molar refractivity (Wildman–Crippen MR) is 59.2 cm³/mol. The van der Waals surface area contributed by atoms with Gasteiger partial charge in [-0.25, -0.2) is 0 Å². The lowest BCUT2D eigenvalue weighted by molar-refractivity contribution is -0.124. The molecule has 86 valence electrons. The zero-order valence-electron chi connectivity index (χ0n) is 8.98.